The molecule has 9 heteroatoms. The number of fused-ring (bicyclic) bond motifs is 1. The van der Waals surface area contributed by atoms with Crippen LogP contribution in [0, 0.1) is 0 Å². The van der Waals surface area contributed by atoms with Crippen LogP contribution in [0.4, 0.5) is 0 Å². The number of aliphatic hydroxyl groups excluding tert-OH is 1. The molecule has 0 radical (unpaired) electrons. The summed E-state index contributed by atoms with van der Waals surface area (Å²) in [5.41, 5.74) is 1.95. The molecular formula is C28H32O9. The van der Waals surface area contributed by atoms with Crippen LogP contribution in [0.15, 0.2) is 60.4 Å². The lowest BCUT2D eigenvalue weighted by molar-refractivity contribution is -0.00779. The van der Waals surface area contributed by atoms with Crippen LogP contribution < -0.4 is 14.2 Å². The molecule has 0 fully saturated rings. The molecule has 2 atom stereocenters. The first-order chi connectivity index (χ1) is 17.8. The summed E-state index contributed by atoms with van der Waals surface area (Å²) in [6.45, 7) is 5.64. The third-order valence-corrected chi connectivity index (χ3v) is 6.01. The molecule has 2 aromatic carbocycles. The van der Waals surface area contributed by atoms with Crippen molar-refractivity contribution in [2.75, 3.05) is 21.3 Å². The minimum Gasteiger partial charge on any atom is -0.508 e. The molecule has 0 unspecified atom stereocenters. The molecule has 0 aliphatic carbocycles. The van der Waals surface area contributed by atoms with Crippen LogP contribution in [-0.4, -0.2) is 54.8 Å². The van der Waals surface area contributed by atoms with Gasteiger partial charge in [0, 0.05) is 31.2 Å². The van der Waals surface area contributed by atoms with Crippen LogP contribution in [-0.2, 0) is 22.5 Å². The fraction of sp³-hybridized carbons (Fsp3) is 0.321. The molecule has 3 N–H and O–H groups in total. The van der Waals surface area contributed by atoms with Gasteiger partial charge in [-0.15, -0.1) is 0 Å². The van der Waals surface area contributed by atoms with Crippen LogP contribution in [0.2, 0.25) is 0 Å². The van der Waals surface area contributed by atoms with Gasteiger partial charge in [0.2, 0.25) is 0 Å². The number of rotatable bonds is 10. The average molecular weight is 513 g/mol. The van der Waals surface area contributed by atoms with E-state index in [4.69, 9.17) is 23.7 Å². The molecule has 198 valence electrons. The maximum atomic E-state index is 13.3. The summed E-state index contributed by atoms with van der Waals surface area (Å²) >= 11 is 0. The van der Waals surface area contributed by atoms with Crippen LogP contribution in [0.3, 0.4) is 0 Å². The summed E-state index contributed by atoms with van der Waals surface area (Å²) < 4.78 is 28.2. The monoisotopic (exact) mass is 512 g/mol. The molecule has 37 heavy (non-hydrogen) atoms. The first-order valence-corrected chi connectivity index (χ1v) is 11.6. The quantitative estimate of drug-likeness (QED) is 0.235. The van der Waals surface area contributed by atoms with Crippen molar-refractivity contribution in [3.63, 3.8) is 0 Å². The minimum atomic E-state index is -0.837. The van der Waals surface area contributed by atoms with E-state index >= 15 is 0 Å². The van der Waals surface area contributed by atoms with Crippen LogP contribution in [0.25, 0.3) is 0 Å². The number of methoxy groups -OCH3 is 3. The number of hydrogen-bond donors (Lipinski definition) is 3. The van der Waals surface area contributed by atoms with Gasteiger partial charge in [0.05, 0.1) is 32.0 Å². The highest BCUT2D eigenvalue weighted by Gasteiger charge is 2.37. The molecule has 0 amide bonds. The Morgan fingerprint density at radius 3 is 2.35 bits per heavy atom. The van der Waals surface area contributed by atoms with E-state index in [0.29, 0.717) is 34.6 Å². The Morgan fingerprint density at radius 2 is 1.78 bits per heavy atom. The Hall–Kier alpha value is -4.11. The topological polar surface area (TPSA) is 124 Å². The molecule has 0 bridgehead atoms. The summed E-state index contributed by atoms with van der Waals surface area (Å²) in [7, 11) is 4.50. The second-order valence-corrected chi connectivity index (χ2v) is 8.31. The number of aromatic hydroxyl groups is 2. The zero-order valence-corrected chi connectivity index (χ0v) is 21.3. The van der Waals surface area contributed by atoms with Gasteiger partial charge in [-0.05, 0) is 36.3 Å². The third-order valence-electron chi connectivity index (χ3n) is 6.01. The molecule has 0 saturated carbocycles. The van der Waals surface area contributed by atoms with Gasteiger partial charge in [0.1, 0.15) is 40.6 Å². The molecule has 0 spiro atoms. The Labute approximate surface area is 215 Å². The van der Waals surface area contributed by atoms with E-state index in [0.717, 1.165) is 0 Å². The predicted molar refractivity (Wildman–Crippen MR) is 137 cm³/mol. The van der Waals surface area contributed by atoms with Crippen molar-refractivity contribution in [2.45, 2.75) is 38.6 Å². The molecule has 1 aliphatic rings. The van der Waals surface area contributed by atoms with Gasteiger partial charge in [-0.3, -0.25) is 0 Å². The first-order valence-electron chi connectivity index (χ1n) is 11.6. The summed E-state index contributed by atoms with van der Waals surface area (Å²) in [6, 6.07) is 5.69. The minimum absolute atomic E-state index is 0.0404. The van der Waals surface area contributed by atoms with Crippen molar-refractivity contribution < 1.29 is 43.8 Å². The van der Waals surface area contributed by atoms with E-state index in [-0.39, 0.29) is 41.6 Å². The highest BCUT2D eigenvalue weighted by molar-refractivity contribution is 5.91. The molecule has 1 aliphatic heterocycles. The van der Waals surface area contributed by atoms with E-state index in [2.05, 4.69) is 6.58 Å². The smallest absolute Gasteiger partial charge is 0.338 e. The van der Waals surface area contributed by atoms with Crippen molar-refractivity contribution in [2.24, 2.45) is 0 Å². The molecule has 1 heterocycles. The summed E-state index contributed by atoms with van der Waals surface area (Å²) in [4.78, 5) is 13.3. The molecular weight excluding hydrogens is 480 g/mol. The van der Waals surface area contributed by atoms with Gasteiger partial charge in [-0.1, -0.05) is 19.6 Å². The number of aliphatic hydroxyl groups is 1. The van der Waals surface area contributed by atoms with Gasteiger partial charge in [-0.2, -0.15) is 0 Å². The highest BCUT2D eigenvalue weighted by Crippen LogP contribution is 2.41. The normalized spacial score (nSPS) is 17.4. The Bertz CT molecular complexity index is 1190. The Kier molecular flexibility index (Phi) is 9.08. The van der Waals surface area contributed by atoms with Crippen LogP contribution in [0.1, 0.15) is 34.8 Å². The fourth-order valence-corrected chi connectivity index (χ4v) is 4.13. The summed E-state index contributed by atoms with van der Waals surface area (Å²) in [5, 5.41) is 30.2. The zero-order chi connectivity index (χ0) is 27.1. The van der Waals surface area contributed by atoms with E-state index in [1.54, 1.807) is 25.3 Å². The van der Waals surface area contributed by atoms with Gasteiger partial charge in [0.25, 0.3) is 0 Å². The van der Waals surface area contributed by atoms with Crippen LogP contribution >= 0.6 is 0 Å². The molecule has 9 nitrogen and oxygen atoms in total. The second-order valence-electron chi connectivity index (χ2n) is 8.31. The molecule has 0 saturated heterocycles. The lowest BCUT2D eigenvalue weighted by Gasteiger charge is -2.35. The van der Waals surface area contributed by atoms with Crippen molar-refractivity contribution in [1.82, 2.24) is 0 Å². The number of ether oxygens (including phenoxy) is 5. The number of phenols is 2. The third kappa shape index (κ3) is 6.18. The fourth-order valence-electron chi connectivity index (χ4n) is 4.13. The summed E-state index contributed by atoms with van der Waals surface area (Å²) in [5.74, 6) is 0.0601. The Balaban J connectivity index is 2.02. The SMILES string of the molecule is C=C/C(O)=C\C=C(/CC)[C@H]1Oc2cc(O)cc(O)c2C[C@H]1OC(=O)c1cc(OC)c(COC)c(OC)c1. The van der Waals surface area contributed by atoms with Gasteiger partial charge >= 0.3 is 5.97 Å². The first kappa shape index (κ1) is 27.5. The highest BCUT2D eigenvalue weighted by atomic mass is 16.6. The maximum Gasteiger partial charge on any atom is 0.338 e. The van der Waals surface area contributed by atoms with E-state index in [1.165, 1.54) is 38.5 Å². The number of allylic oxidation sites excluding steroid dienone is 3. The predicted octanol–water partition coefficient (Wildman–Crippen LogP) is 4.75. The van der Waals surface area contributed by atoms with E-state index in [1.807, 2.05) is 6.92 Å². The van der Waals surface area contributed by atoms with Gasteiger partial charge < -0.3 is 39.0 Å². The van der Waals surface area contributed by atoms with E-state index < -0.39 is 18.2 Å². The number of hydrogen-bond acceptors (Lipinski definition) is 9. The second kappa shape index (κ2) is 12.2. The lowest BCUT2D eigenvalue weighted by atomic mass is 9.92. The summed E-state index contributed by atoms with van der Waals surface area (Å²) in [6.07, 6.45) is 3.47. The molecule has 3 rings (SSSR count). The number of carbonyl (C=O) groups is 1. The molecule has 2 aromatic rings. The van der Waals surface area contributed by atoms with Gasteiger partial charge in [-0.25, -0.2) is 4.79 Å². The van der Waals surface area contributed by atoms with Gasteiger partial charge in [0.15, 0.2) is 6.10 Å². The standard InChI is InChI=1S/C28H32O9/c1-6-16(8-9-18(29)7-2)27-26(14-20-22(31)12-19(30)13-25(20)36-27)37-28(32)17-10-23(34-4)21(15-33-3)24(11-17)35-5/h7-13,26-27,29-31H,2,6,14-15H2,1,3-5H3/b16-8+,18-9+/t26-,27-/m1/s1. The van der Waals surface area contributed by atoms with Crippen molar-refractivity contribution in [3.8, 4) is 28.7 Å². The number of esters is 1. The van der Waals surface area contributed by atoms with Crippen LogP contribution in [0.5, 0.6) is 28.7 Å². The van der Waals surface area contributed by atoms with Crippen molar-refractivity contribution in [3.05, 3.63) is 77.1 Å². The number of phenolic OH excluding ortho intramolecular Hbond substituents is 2. The largest absolute Gasteiger partial charge is 0.508 e. The van der Waals surface area contributed by atoms with Crippen molar-refractivity contribution in [1.29, 1.82) is 0 Å². The van der Waals surface area contributed by atoms with Crippen molar-refractivity contribution >= 4 is 5.97 Å². The lowest BCUT2D eigenvalue weighted by Crippen LogP contribution is -2.42. The number of benzene rings is 2. The Morgan fingerprint density at radius 1 is 1.11 bits per heavy atom. The molecule has 0 aromatic heterocycles. The maximum absolute atomic E-state index is 13.3. The average Bonchev–Trinajstić information content (AvgIpc) is 2.89. The van der Waals surface area contributed by atoms with E-state index in [9.17, 15) is 20.1 Å². The zero-order valence-electron chi connectivity index (χ0n) is 21.3. The number of carbonyl (C=O) groups excluding carboxylic acids is 1.